The van der Waals surface area contributed by atoms with E-state index >= 15 is 0 Å². The minimum atomic E-state index is -0.802. The van der Waals surface area contributed by atoms with Crippen molar-refractivity contribution in [2.24, 2.45) is 0 Å². The molecule has 1 fully saturated rings. The molecule has 1 aromatic heterocycles. The number of hydrogen-bond acceptors (Lipinski definition) is 4. The number of carbonyl (C=O) groups excluding carboxylic acids is 1. The summed E-state index contributed by atoms with van der Waals surface area (Å²) in [6.07, 6.45) is 3.58. The Balaban J connectivity index is 1.79. The molecular weight excluding hydrogens is 300 g/mol. The highest BCUT2D eigenvalue weighted by molar-refractivity contribution is 7.16. The highest BCUT2D eigenvalue weighted by atomic mass is 32.1. The number of thiazole rings is 1. The SMILES string of the molecule is O=C(O)CCC1CCCCN1C(=O)c1ccc2ncsc2c1. The van der Waals surface area contributed by atoms with Crippen LogP contribution in [-0.2, 0) is 4.79 Å². The van der Waals surface area contributed by atoms with Gasteiger partial charge >= 0.3 is 5.97 Å². The number of benzene rings is 1. The fourth-order valence-electron chi connectivity index (χ4n) is 3.01. The molecule has 22 heavy (non-hydrogen) atoms. The zero-order valence-corrected chi connectivity index (χ0v) is 13.0. The second-order valence-electron chi connectivity index (χ2n) is 5.62. The van der Waals surface area contributed by atoms with E-state index in [1.165, 1.54) is 11.3 Å². The first-order valence-corrected chi connectivity index (χ1v) is 8.39. The van der Waals surface area contributed by atoms with E-state index in [0.29, 0.717) is 18.5 Å². The summed E-state index contributed by atoms with van der Waals surface area (Å²) in [6.45, 7) is 0.712. The van der Waals surface area contributed by atoms with Crippen molar-refractivity contribution in [3.8, 4) is 0 Å². The van der Waals surface area contributed by atoms with Crippen LogP contribution in [-0.4, -0.2) is 39.5 Å². The summed E-state index contributed by atoms with van der Waals surface area (Å²) >= 11 is 1.52. The molecule has 0 aliphatic carbocycles. The summed E-state index contributed by atoms with van der Waals surface area (Å²) in [4.78, 5) is 29.7. The lowest BCUT2D eigenvalue weighted by atomic mass is 9.97. The van der Waals surface area contributed by atoms with Gasteiger partial charge in [-0.3, -0.25) is 9.59 Å². The Labute approximate surface area is 132 Å². The van der Waals surface area contributed by atoms with Crippen molar-refractivity contribution in [3.63, 3.8) is 0 Å². The zero-order chi connectivity index (χ0) is 15.5. The first-order chi connectivity index (χ1) is 10.6. The standard InChI is InChI=1S/C16H18N2O3S/c19-15(20)7-5-12-3-1-2-8-18(12)16(21)11-4-6-13-14(9-11)22-10-17-13/h4,6,9-10,12H,1-3,5,7-8H2,(H,19,20). The number of nitrogens with zero attached hydrogens (tertiary/aromatic N) is 2. The molecular formula is C16H18N2O3S. The molecule has 0 spiro atoms. The third-order valence-electron chi connectivity index (χ3n) is 4.16. The van der Waals surface area contributed by atoms with Gasteiger partial charge in [-0.2, -0.15) is 0 Å². The minimum absolute atomic E-state index is 0.00499. The van der Waals surface area contributed by atoms with Crippen LogP contribution in [0.5, 0.6) is 0 Å². The highest BCUT2D eigenvalue weighted by Crippen LogP contribution is 2.25. The maximum atomic E-state index is 12.8. The molecule has 0 saturated carbocycles. The number of likely N-dealkylation sites (tertiary alicyclic amines) is 1. The van der Waals surface area contributed by atoms with Crippen molar-refractivity contribution in [1.82, 2.24) is 9.88 Å². The quantitative estimate of drug-likeness (QED) is 0.940. The average molecular weight is 318 g/mol. The number of aliphatic carboxylic acids is 1. The Bertz CT molecular complexity index is 698. The first kappa shape index (κ1) is 15.0. The number of fused-ring (bicyclic) bond motifs is 1. The molecule has 6 heteroatoms. The molecule has 1 saturated heterocycles. The van der Waals surface area contributed by atoms with Crippen molar-refractivity contribution >= 4 is 33.4 Å². The Morgan fingerprint density at radius 1 is 1.36 bits per heavy atom. The lowest BCUT2D eigenvalue weighted by Gasteiger charge is -2.35. The number of rotatable bonds is 4. The van der Waals surface area contributed by atoms with Crippen LogP contribution < -0.4 is 0 Å². The lowest BCUT2D eigenvalue weighted by Crippen LogP contribution is -2.43. The van der Waals surface area contributed by atoms with Crippen LogP contribution in [0.25, 0.3) is 10.2 Å². The predicted molar refractivity (Wildman–Crippen MR) is 85.2 cm³/mol. The maximum absolute atomic E-state index is 12.8. The van der Waals surface area contributed by atoms with Gasteiger partial charge in [0.15, 0.2) is 0 Å². The molecule has 1 aliphatic rings. The Hall–Kier alpha value is -1.95. The molecule has 116 valence electrons. The summed E-state index contributed by atoms with van der Waals surface area (Å²) in [5.74, 6) is -0.797. The fourth-order valence-corrected chi connectivity index (χ4v) is 3.73. The van der Waals surface area contributed by atoms with E-state index in [0.717, 1.165) is 29.5 Å². The Morgan fingerprint density at radius 3 is 3.05 bits per heavy atom. The van der Waals surface area contributed by atoms with Crippen LogP contribution in [0.15, 0.2) is 23.7 Å². The van der Waals surface area contributed by atoms with E-state index < -0.39 is 5.97 Å². The summed E-state index contributed by atoms with van der Waals surface area (Å²) < 4.78 is 1.00. The van der Waals surface area contributed by atoms with Crippen molar-refractivity contribution in [1.29, 1.82) is 0 Å². The lowest BCUT2D eigenvalue weighted by molar-refractivity contribution is -0.137. The molecule has 3 rings (SSSR count). The van der Waals surface area contributed by atoms with Crippen LogP contribution in [0.3, 0.4) is 0 Å². The topological polar surface area (TPSA) is 70.5 Å². The van der Waals surface area contributed by atoms with Gasteiger partial charge in [0, 0.05) is 24.6 Å². The van der Waals surface area contributed by atoms with E-state index in [1.54, 1.807) is 5.51 Å². The summed E-state index contributed by atoms with van der Waals surface area (Å²) in [5, 5.41) is 8.87. The smallest absolute Gasteiger partial charge is 0.303 e. The van der Waals surface area contributed by atoms with Gasteiger partial charge in [0.2, 0.25) is 0 Å². The van der Waals surface area contributed by atoms with Gasteiger partial charge in [0.25, 0.3) is 5.91 Å². The number of carboxylic acid groups (broad SMARTS) is 1. The van der Waals surface area contributed by atoms with Crippen LogP contribution in [0.1, 0.15) is 42.5 Å². The van der Waals surface area contributed by atoms with Gasteiger partial charge < -0.3 is 10.0 Å². The fraction of sp³-hybridized carbons (Fsp3) is 0.438. The summed E-state index contributed by atoms with van der Waals surface area (Å²) in [6, 6.07) is 5.61. The molecule has 0 radical (unpaired) electrons. The molecule has 1 N–H and O–H groups in total. The molecule has 1 aromatic carbocycles. The van der Waals surface area contributed by atoms with Crippen molar-refractivity contribution < 1.29 is 14.7 Å². The van der Waals surface area contributed by atoms with Gasteiger partial charge in [0.05, 0.1) is 15.7 Å². The second-order valence-corrected chi connectivity index (χ2v) is 6.50. The van der Waals surface area contributed by atoms with E-state index in [9.17, 15) is 9.59 Å². The van der Waals surface area contributed by atoms with Crippen LogP contribution >= 0.6 is 11.3 Å². The number of carbonyl (C=O) groups is 2. The van der Waals surface area contributed by atoms with Gasteiger partial charge in [-0.25, -0.2) is 4.98 Å². The van der Waals surface area contributed by atoms with E-state index in [1.807, 2.05) is 23.1 Å². The molecule has 1 amide bonds. The largest absolute Gasteiger partial charge is 0.481 e. The Kier molecular flexibility index (Phi) is 4.38. The normalized spacial score (nSPS) is 18.5. The molecule has 1 aliphatic heterocycles. The van der Waals surface area contributed by atoms with Crippen molar-refractivity contribution in [2.75, 3.05) is 6.54 Å². The number of aromatic nitrogens is 1. The van der Waals surface area contributed by atoms with Gasteiger partial charge in [0.1, 0.15) is 0 Å². The van der Waals surface area contributed by atoms with Crippen LogP contribution in [0.2, 0.25) is 0 Å². The predicted octanol–water partition coefficient (Wildman–Crippen LogP) is 3.16. The molecule has 2 aromatic rings. The molecule has 1 atom stereocenters. The maximum Gasteiger partial charge on any atom is 0.303 e. The third-order valence-corrected chi connectivity index (χ3v) is 4.95. The zero-order valence-electron chi connectivity index (χ0n) is 12.2. The molecule has 1 unspecified atom stereocenters. The second kappa shape index (κ2) is 6.44. The van der Waals surface area contributed by atoms with E-state index in [4.69, 9.17) is 5.11 Å². The number of amides is 1. The van der Waals surface area contributed by atoms with Crippen molar-refractivity contribution in [3.05, 3.63) is 29.3 Å². The highest BCUT2D eigenvalue weighted by Gasteiger charge is 2.27. The first-order valence-electron chi connectivity index (χ1n) is 7.51. The Morgan fingerprint density at radius 2 is 2.23 bits per heavy atom. The minimum Gasteiger partial charge on any atom is -0.481 e. The third kappa shape index (κ3) is 3.11. The van der Waals surface area contributed by atoms with E-state index in [-0.39, 0.29) is 18.4 Å². The average Bonchev–Trinajstić information content (AvgIpc) is 3.00. The van der Waals surface area contributed by atoms with Gasteiger partial charge in [-0.1, -0.05) is 0 Å². The van der Waals surface area contributed by atoms with Crippen molar-refractivity contribution in [2.45, 2.75) is 38.1 Å². The van der Waals surface area contributed by atoms with Gasteiger partial charge in [-0.05, 0) is 43.9 Å². The van der Waals surface area contributed by atoms with Crippen LogP contribution in [0, 0.1) is 0 Å². The van der Waals surface area contributed by atoms with E-state index in [2.05, 4.69) is 4.98 Å². The number of carboxylic acids is 1. The molecule has 2 heterocycles. The molecule has 5 nitrogen and oxygen atoms in total. The number of hydrogen-bond donors (Lipinski definition) is 1. The summed E-state index contributed by atoms with van der Waals surface area (Å²) in [7, 11) is 0. The van der Waals surface area contributed by atoms with Gasteiger partial charge in [-0.15, -0.1) is 11.3 Å². The summed E-state index contributed by atoms with van der Waals surface area (Å²) in [5.41, 5.74) is 3.34. The molecule has 0 bridgehead atoms. The van der Waals surface area contributed by atoms with Crippen LogP contribution in [0.4, 0.5) is 0 Å². The monoisotopic (exact) mass is 318 g/mol. The number of piperidine rings is 1.